The maximum Gasteiger partial charge on any atom is 0.490 e. The number of rotatable bonds is 3. The summed E-state index contributed by atoms with van der Waals surface area (Å²) in [6, 6.07) is 9.20. The van der Waals surface area contributed by atoms with E-state index in [1.54, 1.807) is 12.4 Å². The third-order valence-electron chi connectivity index (χ3n) is 3.67. The topological polar surface area (TPSA) is 110 Å². The number of carboxylic acids is 1. The number of nitrogens with one attached hydrogen (secondary N) is 1. The van der Waals surface area contributed by atoms with Crippen molar-refractivity contribution in [2.75, 3.05) is 5.32 Å². The fourth-order valence-electron chi connectivity index (χ4n) is 2.07. The molecule has 1 amide bonds. The fourth-order valence-corrected chi connectivity index (χ4v) is 2.07. The summed E-state index contributed by atoms with van der Waals surface area (Å²) in [4.78, 5) is 33.0. The quantitative estimate of drug-likeness (QED) is 0.690. The van der Waals surface area contributed by atoms with Gasteiger partial charge in [-0.15, -0.1) is 0 Å². The number of halogens is 3. The van der Waals surface area contributed by atoms with Crippen molar-refractivity contribution in [2.24, 2.45) is 0 Å². The molecule has 0 aliphatic carbocycles. The van der Waals surface area contributed by atoms with Gasteiger partial charge in [-0.3, -0.25) is 4.79 Å². The third-order valence-corrected chi connectivity index (χ3v) is 3.67. The second kappa shape index (κ2) is 8.95. The number of carboxylic acid groups (broad SMARTS) is 1. The SMILES string of the molecule is Cc1ncn(-c2ccc(NC(=O)c3ncccn3)cc2)c1C.O=C(O)C(F)(F)F. The molecule has 0 saturated carbocycles. The molecule has 0 aliphatic rings. The Bertz CT molecular complexity index is 986. The second-order valence-electron chi connectivity index (χ2n) is 5.66. The van der Waals surface area contributed by atoms with Crippen LogP contribution >= 0.6 is 0 Å². The predicted octanol–water partition coefficient (Wildman–Crippen LogP) is 3.16. The number of alkyl halides is 3. The number of hydrogen-bond donors (Lipinski definition) is 2. The Labute approximate surface area is 163 Å². The van der Waals surface area contributed by atoms with Crippen LogP contribution in [0.2, 0.25) is 0 Å². The molecule has 1 aromatic carbocycles. The van der Waals surface area contributed by atoms with Crippen LogP contribution in [-0.2, 0) is 4.79 Å². The van der Waals surface area contributed by atoms with Gasteiger partial charge in [0.15, 0.2) is 0 Å². The largest absolute Gasteiger partial charge is 0.490 e. The van der Waals surface area contributed by atoms with Gasteiger partial charge >= 0.3 is 12.1 Å². The first kappa shape index (κ1) is 21.5. The smallest absolute Gasteiger partial charge is 0.475 e. The number of imidazole rings is 1. The van der Waals surface area contributed by atoms with Crippen molar-refractivity contribution in [3.05, 3.63) is 66.3 Å². The average molecular weight is 407 g/mol. The number of aryl methyl sites for hydroxylation is 1. The molecule has 2 N–H and O–H groups in total. The van der Waals surface area contributed by atoms with Gasteiger partial charge in [-0.25, -0.2) is 19.7 Å². The van der Waals surface area contributed by atoms with E-state index in [0.717, 1.165) is 17.1 Å². The normalized spacial score (nSPS) is 10.7. The molecule has 8 nitrogen and oxygen atoms in total. The van der Waals surface area contributed by atoms with Gasteiger partial charge in [0.25, 0.3) is 5.91 Å². The summed E-state index contributed by atoms with van der Waals surface area (Å²) < 4.78 is 33.7. The van der Waals surface area contributed by atoms with Gasteiger partial charge < -0.3 is 15.0 Å². The van der Waals surface area contributed by atoms with Crippen LogP contribution in [0.25, 0.3) is 5.69 Å². The van der Waals surface area contributed by atoms with E-state index in [1.807, 2.05) is 42.7 Å². The standard InChI is InChI=1S/C16H15N5O.C2HF3O2/c1-11-12(2)21(10-19-11)14-6-4-13(5-7-14)20-16(22)15-17-8-3-9-18-15;3-2(4,5)1(6)7/h3-10H,1-2H3,(H,20,22);(H,6,7). The maximum atomic E-state index is 12.0. The van der Waals surface area contributed by atoms with Crippen molar-refractivity contribution in [3.8, 4) is 5.69 Å². The number of benzene rings is 1. The van der Waals surface area contributed by atoms with E-state index in [1.165, 1.54) is 12.4 Å². The van der Waals surface area contributed by atoms with E-state index in [-0.39, 0.29) is 11.7 Å². The lowest BCUT2D eigenvalue weighted by atomic mass is 10.2. The lowest BCUT2D eigenvalue weighted by Crippen LogP contribution is -2.21. The Morgan fingerprint density at radius 1 is 1.03 bits per heavy atom. The van der Waals surface area contributed by atoms with Crippen LogP contribution in [0.3, 0.4) is 0 Å². The molecule has 0 spiro atoms. The average Bonchev–Trinajstić information content (AvgIpc) is 3.02. The molecular weight excluding hydrogens is 391 g/mol. The Morgan fingerprint density at radius 3 is 2.03 bits per heavy atom. The van der Waals surface area contributed by atoms with Gasteiger partial charge in [0, 0.05) is 29.5 Å². The highest BCUT2D eigenvalue weighted by Crippen LogP contribution is 2.17. The molecule has 2 aromatic heterocycles. The van der Waals surface area contributed by atoms with Crippen LogP contribution in [0, 0.1) is 13.8 Å². The summed E-state index contributed by atoms with van der Waals surface area (Å²) in [5, 5.41) is 9.89. The van der Waals surface area contributed by atoms with Crippen molar-refractivity contribution in [3.63, 3.8) is 0 Å². The second-order valence-corrected chi connectivity index (χ2v) is 5.66. The first-order valence-electron chi connectivity index (χ1n) is 8.09. The minimum Gasteiger partial charge on any atom is -0.475 e. The number of anilines is 1. The Hall–Kier alpha value is -3.76. The number of carbonyl (C=O) groups excluding carboxylic acids is 1. The zero-order chi connectivity index (χ0) is 21.6. The van der Waals surface area contributed by atoms with E-state index >= 15 is 0 Å². The van der Waals surface area contributed by atoms with Gasteiger partial charge in [0.05, 0.1) is 12.0 Å². The molecule has 0 unspecified atom stereocenters. The number of hydrogen-bond acceptors (Lipinski definition) is 5. The van der Waals surface area contributed by atoms with E-state index in [0.29, 0.717) is 5.69 Å². The summed E-state index contributed by atoms with van der Waals surface area (Å²) in [6.45, 7) is 3.99. The summed E-state index contributed by atoms with van der Waals surface area (Å²) in [5.41, 5.74) is 3.77. The van der Waals surface area contributed by atoms with E-state index in [2.05, 4.69) is 20.3 Å². The molecule has 0 radical (unpaired) electrons. The number of aliphatic carboxylic acids is 1. The van der Waals surface area contributed by atoms with Crippen LogP contribution in [0.4, 0.5) is 18.9 Å². The van der Waals surface area contributed by atoms with Crippen LogP contribution in [0.15, 0.2) is 49.1 Å². The molecule has 3 aromatic rings. The molecule has 29 heavy (non-hydrogen) atoms. The zero-order valence-corrected chi connectivity index (χ0v) is 15.3. The molecule has 0 fully saturated rings. The molecule has 152 valence electrons. The maximum absolute atomic E-state index is 12.0. The van der Waals surface area contributed by atoms with Crippen molar-refractivity contribution in [1.82, 2.24) is 19.5 Å². The van der Waals surface area contributed by atoms with Gasteiger partial charge in [-0.1, -0.05) is 0 Å². The lowest BCUT2D eigenvalue weighted by Gasteiger charge is -2.08. The summed E-state index contributed by atoms with van der Waals surface area (Å²) in [6.07, 6.45) is -0.222. The molecule has 0 atom stereocenters. The van der Waals surface area contributed by atoms with Crippen LogP contribution in [0.1, 0.15) is 22.0 Å². The summed E-state index contributed by atoms with van der Waals surface area (Å²) in [5.74, 6) is -2.94. The molecule has 11 heteroatoms. The highest BCUT2D eigenvalue weighted by atomic mass is 19.4. The Balaban J connectivity index is 0.000000370. The van der Waals surface area contributed by atoms with E-state index in [9.17, 15) is 18.0 Å². The van der Waals surface area contributed by atoms with Gasteiger partial charge in [-0.05, 0) is 44.2 Å². The van der Waals surface area contributed by atoms with Gasteiger partial charge in [0.1, 0.15) is 0 Å². The highest BCUT2D eigenvalue weighted by molar-refractivity contribution is 6.01. The molecular formula is C18H16F3N5O3. The van der Waals surface area contributed by atoms with E-state index < -0.39 is 12.1 Å². The first-order chi connectivity index (χ1) is 13.6. The number of nitrogens with zero attached hydrogens (tertiary/aromatic N) is 4. The van der Waals surface area contributed by atoms with Gasteiger partial charge in [-0.2, -0.15) is 13.2 Å². The fraction of sp³-hybridized carbons (Fsp3) is 0.167. The lowest BCUT2D eigenvalue weighted by molar-refractivity contribution is -0.192. The molecule has 3 rings (SSSR count). The number of carbonyl (C=O) groups is 2. The minimum atomic E-state index is -5.08. The zero-order valence-electron chi connectivity index (χ0n) is 15.3. The van der Waals surface area contributed by atoms with Crippen LogP contribution < -0.4 is 5.32 Å². The monoisotopic (exact) mass is 407 g/mol. The molecule has 0 saturated heterocycles. The Kier molecular flexibility index (Phi) is 6.65. The molecule has 2 heterocycles. The third kappa shape index (κ3) is 5.86. The Morgan fingerprint density at radius 2 is 1.59 bits per heavy atom. The first-order valence-corrected chi connectivity index (χ1v) is 8.09. The van der Waals surface area contributed by atoms with Crippen molar-refractivity contribution in [1.29, 1.82) is 0 Å². The molecule has 0 bridgehead atoms. The molecule has 0 aliphatic heterocycles. The van der Waals surface area contributed by atoms with Crippen molar-refractivity contribution in [2.45, 2.75) is 20.0 Å². The summed E-state index contributed by atoms with van der Waals surface area (Å²) >= 11 is 0. The van der Waals surface area contributed by atoms with Crippen LogP contribution in [0.5, 0.6) is 0 Å². The minimum absolute atomic E-state index is 0.146. The van der Waals surface area contributed by atoms with E-state index in [4.69, 9.17) is 9.90 Å². The highest BCUT2D eigenvalue weighted by Gasteiger charge is 2.38. The van der Waals surface area contributed by atoms with Crippen molar-refractivity contribution >= 4 is 17.6 Å². The van der Waals surface area contributed by atoms with Crippen LogP contribution in [-0.4, -0.2) is 42.7 Å². The number of amides is 1. The van der Waals surface area contributed by atoms with Gasteiger partial charge in [0.2, 0.25) is 5.82 Å². The predicted molar refractivity (Wildman–Crippen MR) is 96.7 cm³/mol. The number of aromatic nitrogens is 4. The summed E-state index contributed by atoms with van der Waals surface area (Å²) in [7, 11) is 0. The van der Waals surface area contributed by atoms with Crippen molar-refractivity contribution < 1.29 is 27.9 Å².